The molecule has 9 nitrogen and oxygen atoms in total. The summed E-state index contributed by atoms with van der Waals surface area (Å²) in [7, 11) is 0. The molecule has 3 fully saturated rings. The Morgan fingerprint density at radius 2 is 1.74 bits per heavy atom. The summed E-state index contributed by atoms with van der Waals surface area (Å²) >= 11 is 0. The van der Waals surface area contributed by atoms with E-state index in [4.69, 9.17) is 9.47 Å². The molecule has 0 bridgehead atoms. The SMILES string of the molecule is CC1CC[C@@H](C)[C@](O)(C(=O)C(=O)N2CCCC[C@H]2C(=O)O[C@@H](C)[C@H](C)C[C@@H]2CC[C@@H](O)[C@H](O)C2)O1. The molecule has 2 saturated heterocycles. The Morgan fingerprint density at radius 1 is 1.03 bits per heavy atom. The van der Waals surface area contributed by atoms with E-state index in [0.717, 1.165) is 19.3 Å². The number of aliphatic hydroxyl groups excluding tert-OH is 2. The Hall–Kier alpha value is -1.55. The van der Waals surface area contributed by atoms with E-state index in [1.54, 1.807) is 13.8 Å². The van der Waals surface area contributed by atoms with Crippen LogP contribution in [0.15, 0.2) is 0 Å². The average Bonchev–Trinajstić information content (AvgIpc) is 2.82. The summed E-state index contributed by atoms with van der Waals surface area (Å²) in [5, 5.41) is 30.6. The maximum atomic E-state index is 13.2. The van der Waals surface area contributed by atoms with Crippen LogP contribution in [-0.2, 0) is 23.9 Å². The molecule has 200 valence electrons. The van der Waals surface area contributed by atoms with Gasteiger partial charge in [0, 0.05) is 12.5 Å². The van der Waals surface area contributed by atoms with E-state index in [1.165, 1.54) is 4.90 Å². The zero-order valence-corrected chi connectivity index (χ0v) is 21.5. The molecule has 2 heterocycles. The van der Waals surface area contributed by atoms with Gasteiger partial charge in [-0.05, 0) is 83.5 Å². The van der Waals surface area contributed by atoms with Gasteiger partial charge in [0.15, 0.2) is 0 Å². The van der Waals surface area contributed by atoms with Crippen molar-refractivity contribution in [1.29, 1.82) is 0 Å². The Morgan fingerprint density at radius 3 is 2.43 bits per heavy atom. The molecule has 35 heavy (non-hydrogen) atoms. The Kier molecular flexibility index (Phi) is 9.34. The molecule has 1 aliphatic carbocycles. The molecule has 0 aromatic carbocycles. The van der Waals surface area contributed by atoms with E-state index >= 15 is 0 Å². The van der Waals surface area contributed by atoms with Crippen molar-refractivity contribution < 1.29 is 39.2 Å². The zero-order chi connectivity index (χ0) is 25.9. The summed E-state index contributed by atoms with van der Waals surface area (Å²) < 4.78 is 11.3. The number of piperidine rings is 1. The number of hydrogen-bond donors (Lipinski definition) is 3. The molecule has 3 N–H and O–H groups in total. The number of ether oxygens (including phenoxy) is 2. The van der Waals surface area contributed by atoms with Gasteiger partial charge in [-0.3, -0.25) is 9.59 Å². The van der Waals surface area contributed by atoms with Crippen molar-refractivity contribution in [1.82, 2.24) is 4.90 Å². The average molecular weight is 498 g/mol. The van der Waals surface area contributed by atoms with Gasteiger partial charge < -0.3 is 29.7 Å². The smallest absolute Gasteiger partial charge is 0.329 e. The number of amides is 1. The van der Waals surface area contributed by atoms with Crippen molar-refractivity contribution in [2.75, 3.05) is 6.54 Å². The molecule has 0 radical (unpaired) electrons. The van der Waals surface area contributed by atoms with Crippen LogP contribution in [0, 0.1) is 17.8 Å². The van der Waals surface area contributed by atoms with Gasteiger partial charge in [-0.1, -0.05) is 13.8 Å². The zero-order valence-electron chi connectivity index (χ0n) is 21.5. The van der Waals surface area contributed by atoms with E-state index in [1.807, 2.05) is 13.8 Å². The Bertz CT molecular complexity index is 774. The minimum absolute atomic E-state index is 0.0273. The highest BCUT2D eigenvalue weighted by Gasteiger charge is 2.52. The third-order valence-electron chi connectivity index (χ3n) is 8.31. The molecule has 9 heteroatoms. The first-order valence-corrected chi connectivity index (χ1v) is 13.3. The highest BCUT2D eigenvalue weighted by atomic mass is 16.6. The third-order valence-corrected chi connectivity index (χ3v) is 8.31. The largest absolute Gasteiger partial charge is 0.461 e. The lowest BCUT2D eigenvalue weighted by molar-refractivity contribution is -0.259. The summed E-state index contributed by atoms with van der Waals surface area (Å²) in [5.74, 6) is -4.88. The minimum atomic E-state index is -2.18. The number of hydrogen-bond acceptors (Lipinski definition) is 8. The summed E-state index contributed by atoms with van der Waals surface area (Å²) in [4.78, 5) is 40.6. The molecule has 0 spiro atoms. The van der Waals surface area contributed by atoms with Crippen LogP contribution in [0.2, 0.25) is 0 Å². The van der Waals surface area contributed by atoms with Crippen LogP contribution in [-0.4, -0.2) is 80.7 Å². The van der Waals surface area contributed by atoms with Gasteiger partial charge in [-0.2, -0.15) is 0 Å². The number of carbonyl (C=O) groups is 3. The third kappa shape index (κ3) is 6.42. The van der Waals surface area contributed by atoms with Crippen LogP contribution in [0.3, 0.4) is 0 Å². The fourth-order valence-electron chi connectivity index (χ4n) is 5.67. The first-order chi connectivity index (χ1) is 16.4. The Balaban J connectivity index is 1.61. The van der Waals surface area contributed by atoms with E-state index in [2.05, 4.69) is 0 Å². The Labute approximate surface area is 208 Å². The molecular weight excluding hydrogens is 454 g/mol. The quantitative estimate of drug-likeness (QED) is 0.359. The molecule has 0 aromatic heterocycles. The fourth-order valence-corrected chi connectivity index (χ4v) is 5.67. The van der Waals surface area contributed by atoms with Crippen LogP contribution in [0.1, 0.15) is 85.5 Å². The second-order valence-corrected chi connectivity index (χ2v) is 11.1. The number of ketones is 1. The lowest BCUT2D eigenvalue weighted by Gasteiger charge is -2.41. The number of carbonyl (C=O) groups excluding carboxylic acids is 3. The van der Waals surface area contributed by atoms with E-state index in [9.17, 15) is 29.7 Å². The number of rotatable bonds is 7. The van der Waals surface area contributed by atoms with Crippen LogP contribution in [0.4, 0.5) is 0 Å². The molecule has 0 aromatic rings. The van der Waals surface area contributed by atoms with Crippen LogP contribution in [0.5, 0.6) is 0 Å². The number of nitrogens with zero attached hydrogens (tertiary/aromatic N) is 1. The van der Waals surface area contributed by atoms with Gasteiger partial charge in [-0.25, -0.2) is 4.79 Å². The standard InChI is InChI=1S/C26H43NO8/c1-15(13-19-10-11-21(28)22(29)14-19)18(4)34-25(32)20-7-5-6-12-27(20)24(31)23(30)26(33)16(2)8-9-17(3)35-26/h15-22,28-29,33H,5-14H2,1-4H3/t15-,16-,17?,18+,19+,20+,21-,22-,26-/m1/s1. The minimum Gasteiger partial charge on any atom is -0.461 e. The van der Waals surface area contributed by atoms with Crippen molar-refractivity contribution in [3.8, 4) is 0 Å². The summed E-state index contributed by atoms with van der Waals surface area (Å²) in [6.45, 7) is 7.50. The van der Waals surface area contributed by atoms with Crippen molar-refractivity contribution >= 4 is 17.7 Å². The lowest BCUT2D eigenvalue weighted by atomic mass is 9.79. The second kappa shape index (κ2) is 11.7. The highest BCUT2D eigenvalue weighted by molar-refractivity contribution is 6.39. The van der Waals surface area contributed by atoms with Gasteiger partial charge in [0.2, 0.25) is 5.79 Å². The van der Waals surface area contributed by atoms with Crippen LogP contribution < -0.4 is 0 Å². The summed E-state index contributed by atoms with van der Waals surface area (Å²) in [5.41, 5.74) is 0. The predicted molar refractivity (Wildman–Crippen MR) is 127 cm³/mol. The number of aliphatic hydroxyl groups is 3. The molecular formula is C26H43NO8. The van der Waals surface area contributed by atoms with Crippen molar-refractivity contribution in [3.63, 3.8) is 0 Å². The number of esters is 1. The van der Waals surface area contributed by atoms with E-state index in [-0.39, 0.29) is 24.5 Å². The second-order valence-electron chi connectivity index (χ2n) is 11.1. The highest BCUT2D eigenvalue weighted by Crippen LogP contribution is 2.34. The van der Waals surface area contributed by atoms with Gasteiger partial charge in [0.05, 0.1) is 18.3 Å². The summed E-state index contributed by atoms with van der Waals surface area (Å²) in [6.07, 6.45) is 3.58. The maximum Gasteiger partial charge on any atom is 0.329 e. The van der Waals surface area contributed by atoms with Crippen molar-refractivity contribution in [2.45, 2.75) is 122 Å². The molecule has 2 aliphatic heterocycles. The maximum absolute atomic E-state index is 13.2. The van der Waals surface area contributed by atoms with E-state index < -0.39 is 53.7 Å². The summed E-state index contributed by atoms with van der Waals surface area (Å²) in [6, 6.07) is -0.874. The van der Waals surface area contributed by atoms with Crippen molar-refractivity contribution in [3.05, 3.63) is 0 Å². The number of Topliss-reactive ketones (excluding diaryl/α,β-unsaturated/α-hetero) is 1. The molecule has 3 aliphatic rings. The van der Waals surface area contributed by atoms with Crippen LogP contribution >= 0.6 is 0 Å². The van der Waals surface area contributed by atoms with Gasteiger partial charge in [-0.15, -0.1) is 0 Å². The molecule has 1 saturated carbocycles. The molecule has 1 unspecified atom stereocenters. The normalized spacial score (nSPS) is 37.9. The first kappa shape index (κ1) is 28.0. The molecule has 3 rings (SSSR count). The van der Waals surface area contributed by atoms with Gasteiger partial charge in [0.1, 0.15) is 12.1 Å². The van der Waals surface area contributed by atoms with Gasteiger partial charge >= 0.3 is 5.97 Å². The first-order valence-electron chi connectivity index (χ1n) is 13.3. The van der Waals surface area contributed by atoms with Crippen molar-refractivity contribution in [2.24, 2.45) is 17.8 Å². The van der Waals surface area contributed by atoms with Crippen LogP contribution in [0.25, 0.3) is 0 Å². The lowest BCUT2D eigenvalue weighted by Crippen LogP contribution is -2.60. The molecule has 1 amide bonds. The van der Waals surface area contributed by atoms with E-state index in [0.29, 0.717) is 38.5 Å². The predicted octanol–water partition coefficient (Wildman–Crippen LogP) is 1.94. The van der Waals surface area contributed by atoms with Gasteiger partial charge in [0.25, 0.3) is 11.7 Å². The molecule has 9 atom stereocenters. The monoisotopic (exact) mass is 497 g/mol. The number of likely N-dealkylation sites (tertiary alicyclic amines) is 1. The fraction of sp³-hybridized carbons (Fsp3) is 0.885. The topological polar surface area (TPSA) is 134 Å².